The number of rotatable bonds is 4. The molecule has 1 atom stereocenters. The van der Waals surface area contributed by atoms with Crippen LogP contribution in [0.5, 0.6) is 5.75 Å². The molecule has 1 amide bonds. The molecule has 1 aromatic carbocycles. The van der Waals surface area contributed by atoms with Crippen LogP contribution >= 0.6 is 0 Å². The summed E-state index contributed by atoms with van der Waals surface area (Å²) in [6.45, 7) is 4.65. The van der Waals surface area contributed by atoms with Crippen molar-refractivity contribution in [1.29, 1.82) is 0 Å². The van der Waals surface area contributed by atoms with Crippen molar-refractivity contribution in [3.63, 3.8) is 0 Å². The number of likely N-dealkylation sites (tertiary alicyclic amines) is 1. The van der Waals surface area contributed by atoms with Crippen molar-refractivity contribution in [3.8, 4) is 17.0 Å². The maximum atomic E-state index is 14.1. The molecule has 0 bridgehead atoms. The number of ether oxygens (including phenoxy) is 1. The van der Waals surface area contributed by atoms with E-state index >= 15 is 0 Å². The third kappa shape index (κ3) is 2.93. The predicted octanol–water partition coefficient (Wildman–Crippen LogP) is 2.95. The predicted molar refractivity (Wildman–Crippen MR) is 84.7 cm³/mol. The Morgan fingerprint density at radius 2 is 2.22 bits per heavy atom. The van der Waals surface area contributed by atoms with Crippen LogP contribution < -0.4 is 4.74 Å². The number of aromatic amines is 1. The van der Waals surface area contributed by atoms with Gasteiger partial charge in [-0.3, -0.25) is 4.79 Å². The lowest BCUT2D eigenvalue weighted by Gasteiger charge is -2.20. The molecule has 1 aliphatic heterocycles. The molecule has 2 heterocycles. The van der Waals surface area contributed by atoms with E-state index in [2.05, 4.69) is 9.97 Å². The van der Waals surface area contributed by atoms with Crippen LogP contribution in [0.2, 0.25) is 0 Å². The van der Waals surface area contributed by atoms with Crippen LogP contribution in [0.25, 0.3) is 11.3 Å². The van der Waals surface area contributed by atoms with Crippen LogP contribution in [0.4, 0.5) is 4.39 Å². The largest absolute Gasteiger partial charge is 0.497 e. The normalized spacial score (nSPS) is 18.0. The Morgan fingerprint density at radius 1 is 1.43 bits per heavy atom. The summed E-state index contributed by atoms with van der Waals surface area (Å²) in [5.74, 6) is 0.996. The average Bonchev–Trinajstić information content (AvgIpc) is 3.13. The summed E-state index contributed by atoms with van der Waals surface area (Å²) < 4.78 is 19.2. The van der Waals surface area contributed by atoms with Crippen LogP contribution in [0.1, 0.15) is 32.0 Å². The molecule has 1 aliphatic rings. The molecule has 0 aliphatic carbocycles. The first-order valence-corrected chi connectivity index (χ1v) is 7.68. The summed E-state index contributed by atoms with van der Waals surface area (Å²) in [7, 11) is 1.50. The highest BCUT2D eigenvalue weighted by atomic mass is 19.1. The maximum absolute atomic E-state index is 14.1. The number of imidazole rings is 1. The summed E-state index contributed by atoms with van der Waals surface area (Å²) in [5.41, 5.74) is 1.05. The third-order valence-electron chi connectivity index (χ3n) is 4.23. The van der Waals surface area contributed by atoms with Crippen molar-refractivity contribution in [2.45, 2.75) is 32.2 Å². The van der Waals surface area contributed by atoms with E-state index in [-0.39, 0.29) is 23.7 Å². The summed E-state index contributed by atoms with van der Waals surface area (Å²) >= 11 is 0. The lowest BCUT2D eigenvalue weighted by molar-refractivity contribution is -0.129. The molecule has 0 unspecified atom stereocenters. The Hall–Kier alpha value is -2.37. The number of halogens is 1. The molecule has 0 saturated carbocycles. The van der Waals surface area contributed by atoms with Gasteiger partial charge in [0.15, 0.2) is 0 Å². The van der Waals surface area contributed by atoms with Gasteiger partial charge in [0.05, 0.1) is 19.0 Å². The Morgan fingerprint density at radius 3 is 2.83 bits per heavy atom. The van der Waals surface area contributed by atoms with Gasteiger partial charge in [-0.2, -0.15) is 0 Å². The van der Waals surface area contributed by atoms with Crippen molar-refractivity contribution in [3.05, 3.63) is 36.0 Å². The van der Waals surface area contributed by atoms with Gasteiger partial charge < -0.3 is 14.6 Å². The fraction of sp³-hybridized carbons (Fsp3) is 0.412. The van der Waals surface area contributed by atoms with Crippen LogP contribution in [-0.4, -0.2) is 40.5 Å². The molecule has 1 aromatic heterocycles. The number of nitrogens with zero attached hydrogens (tertiary/aromatic N) is 2. The Kier molecular flexibility index (Phi) is 4.07. The number of hydrogen-bond acceptors (Lipinski definition) is 3. The molecule has 6 heteroatoms. The SMILES string of the molecule is COc1ccc(-c2cnc([C@H]3CC(=O)N(C(C)C)C3)[nH]2)c(F)c1. The van der Waals surface area contributed by atoms with Crippen molar-refractivity contribution in [1.82, 2.24) is 14.9 Å². The van der Waals surface area contributed by atoms with Gasteiger partial charge in [-0.1, -0.05) is 0 Å². The summed E-state index contributed by atoms with van der Waals surface area (Å²) in [6.07, 6.45) is 2.05. The van der Waals surface area contributed by atoms with E-state index in [9.17, 15) is 9.18 Å². The Bertz CT molecular complexity index is 726. The van der Waals surface area contributed by atoms with Gasteiger partial charge in [-0.25, -0.2) is 9.37 Å². The van der Waals surface area contributed by atoms with Gasteiger partial charge >= 0.3 is 0 Å². The lowest BCUT2D eigenvalue weighted by Crippen LogP contribution is -2.31. The van der Waals surface area contributed by atoms with E-state index in [1.807, 2.05) is 18.7 Å². The average molecular weight is 317 g/mol. The van der Waals surface area contributed by atoms with Gasteiger partial charge in [-0.15, -0.1) is 0 Å². The molecular weight excluding hydrogens is 297 g/mol. The molecule has 23 heavy (non-hydrogen) atoms. The van der Waals surface area contributed by atoms with Gasteiger partial charge in [0.25, 0.3) is 0 Å². The summed E-state index contributed by atoms with van der Waals surface area (Å²) in [4.78, 5) is 21.4. The third-order valence-corrected chi connectivity index (χ3v) is 4.23. The molecule has 122 valence electrons. The number of amides is 1. The lowest BCUT2D eigenvalue weighted by atomic mass is 10.1. The number of methoxy groups -OCH3 is 1. The first kappa shape index (κ1) is 15.5. The smallest absolute Gasteiger partial charge is 0.223 e. The minimum Gasteiger partial charge on any atom is -0.497 e. The number of carbonyl (C=O) groups is 1. The molecular formula is C17H20FN3O2. The van der Waals surface area contributed by atoms with E-state index in [0.717, 1.165) is 5.82 Å². The van der Waals surface area contributed by atoms with Crippen LogP contribution in [-0.2, 0) is 4.79 Å². The molecule has 0 radical (unpaired) electrons. The fourth-order valence-electron chi connectivity index (χ4n) is 2.94. The molecule has 1 fully saturated rings. The van der Waals surface area contributed by atoms with E-state index in [1.165, 1.54) is 13.2 Å². The number of H-pyrrole nitrogens is 1. The number of aromatic nitrogens is 2. The monoisotopic (exact) mass is 317 g/mol. The van der Waals surface area contributed by atoms with Crippen molar-refractivity contribution in [2.24, 2.45) is 0 Å². The zero-order chi connectivity index (χ0) is 16.6. The highest BCUT2D eigenvalue weighted by Crippen LogP contribution is 2.30. The van der Waals surface area contributed by atoms with Gasteiger partial charge in [-0.05, 0) is 26.0 Å². The van der Waals surface area contributed by atoms with Crippen LogP contribution in [0, 0.1) is 5.82 Å². The van der Waals surface area contributed by atoms with Gasteiger partial charge in [0, 0.05) is 36.6 Å². The van der Waals surface area contributed by atoms with Crippen LogP contribution in [0.15, 0.2) is 24.4 Å². The number of benzene rings is 1. The van der Waals surface area contributed by atoms with Crippen LogP contribution in [0.3, 0.4) is 0 Å². The minimum atomic E-state index is -0.370. The fourth-order valence-corrected chi connectivity index (χ4v) is 2.94. The number of carbonyl (C=O) groups excluding carboxylic acids is 1. The number of hydrogen-bond donors (Lipinski definition) is 1. The topological polar surface area (TPSA) is 58.2 Å². The Labute approximate surface area is 134 Å². The minimum absolute atomic E-state index is 0.0277. The Balaban J connectivity index is 1.83. The van der Waals surface area contributed by atoms with Crippen molar-refractivity contribution < 1.29 is 13.9 Å². The standard InChI is InChI=1S/C17H20FN3O2/c1-10(2)21-9-11(6-16(21)22)17-19-8-15(20-17)13-5-4-12(23-3)7-14(13)18/h4-5,7-8,10-11H,6,9H2,1-3H3,(H,19,20)/t11-/m0/s1. The molecule has 5 nitrogen and oxygen atoms in total. The first-order valence-electron chi connectivity index (χ1n) is 7.68. The summed E-state index contributed by atoms with van der Waals surface area (Å²) in [6, 6.07) is 4.89. The first-order chi connectivity index (χ1) is 11.0. The van der Waals surface area contributed by atoms with E-state index in [0.29, 0.717) is 30.0 Å². The van der Waals surface area contributed by atoms with Crippen molar-refractivity contribution >= 4 is 5.91 Å². The maximum Gasteiger partial charge on any atom is 0.223 e. The van der Waals surface area contributed by atoms with Gasteiger partial charge in [0.2, 0.25) is 5.91 Å². The second-order valence-electron chi connectivity index (χ2n) is 6.07. The molecule has 2 aromatic rings. The second kappa shape index (κ2) is 6.02. The van der Waals surface area contributed by atoms with E-state index in [4.69, 9.17) is 4.74 Å². The quantitative estimate of drug-likeness (QED) is 0.943. The highest BCUT2D eigenvalue weighted by molar-refractivity contribution is 5.79. The van der Waals surface area contributed by atoms with Crippen molar-refractivity contribution in [2.75, 3.05) is 13.7 Å². The number of nitrogens with one attached hydrogen (secondary N) is 1. The molecule has 1 N–H and O–H groups in total. The highest BCUT2D eigenvalue weighted by Gasteiger charge is 2.33. The van der Waals surface area contributed by atoms with E-state index < -0.39 is 0 Å². The second-order valence-corrected chi connectivity index (χ2v) is 6.07. The molecule has 1 saturated heterocycles. The zero-order valence-electron chi connectivity index (χ0n) is 13.5. The summed E-state index contributed by atoms with van der Waals surface area (Å²) in [5, 5.41) is 0. The van der Waals surface area contributed by atoms with E-state index in [1.54, 1.807) is 18.3 Å². The van der Waals surface area contributed by atoms with Gasteiger partial charge in [0.1, 0.15) is 17.4 Å². The molecule has 0 spiro atoms. The zero-order valence-corrected chi connectivity index (χ0v) is 13.5. The molecule has 3 rings (SSSR count).